The van der Waals surface area contributed by atoms with E-state index in [2.05, 4.69) is 15.3 Å². The second kappa shape index (κ2) is 8.23. The van der Waals surface area contributed by atoms with Crippen LogP contribution in [0.4, 0.5) is 0 Å². The number of amides is 1. The molecule has 0 bridgehead atoms. The Morgan fingerprint density at radius 1 is 1.24 bits per heavy atom. The molecule has 25 heavy (non-hydrogen) atoms. The molecule has 0 fully saturated rings. The summed E-state index contributed by atoms with van der Waals surface area (Å²) >= 11 is 0. The minimum Gasteiger partial charge on any atom is -0.481 e. The number of rotatable bonds is 7. The van der Waals surface area contributed by atoms with Gasteiger partial charge in [-0.3, -0.25) is 14.4 Å². The second-order valence-electron chi connectivity index (χ2n) is 5.92. The standard InChI is InChI=1S/C18H21N3O4/c1-11-12(2)20-17(24)16(19-11)18(25)21-14(8-9-15(22)23)10-13-6-4-3-5-7-13/h3-7,14H,8-10H2,1-2H3,(H,20,24)(H,21,25)(H,22,23). The van der Waals surface area contributed by atoms with Crippen LogP contribution in [0.1, 0.15) is 40.3 Å². The number of benzene rings is 1. The first-order valence-electron chi connectivity index (χ1n) is 8.01. The van der Waals surface area contributed by atoms with Gasteiger partial charge >= 0.3 is 5.97 Å². The number of hydrogen-bond donors (Lipinski definition) is 3. The van der Waals surface area contributed by atoms with Crippen molar-refractivity contribution in [3.63, 3.8) is 0 Å². The summed E-state index contributed by atoms with van der Waals surface area (Å²) in [4.78, 5) is 41.9. The van der Waals surface area contributed by atoms with E-state index in [0.717, 1.165) is 5.56 Å². The molecule has 1 amide bonds. The number of carboxylic acids is 1. The number of nitrogens with zero attached hydrogens (tertiary/aromatic N) is 1. The van der Waals surface area contributed by atoms with Crippen LogP contribution < -0.4 is 10.9 Å². The number of aliphatic carboxylic acids is 1. The lowest BCUT2D eigenvalue weighted by molar-refractivity contribution is -0.137. The number of aromatic nitrogens is 2. The number of hydrogen-bond acceptors (Lipinski definition) is 4. The van der Waals surface area contributed by atoms with Crippen molar-refractivity contribution in [3.05, 3.63) is 63.3 Å². The van der Waals surface area contributed by atoms with Gasteiger partial charge in [0.05, 0.1) is 5.69 Å². The molecule has 1 aromatic heterocycles. The molecule has 7 nitrogen and oxygen atoms in total. The van der Waals surface area contributed by atoms with E-state index in [-0.39, 0.29) is 18.5 Å². The Kier molecular flexibility index (Phi) is 6.05. The molecule has 1 unspecified atom stereocenters. The molecule has 2 aromatic rings. The van der Waals surface area contributed by atoms with E-state index in [9.17, 15) is 14.4 Å². The Balaban J connectivity index is 2.17. The van der Waals surface area contributed by atoms with Gasteiger partial charge in [0.25, 0.3) is 11.5 Å². The quantitative estimate of drug-likeness (QED) is 0.707. The Morgan fingerprint density at radius 3 is 2.56 bits per heavy atom. The maximum absolute atomic E-state index is 12.4. The van der Waals surface area contributed by atoms with Crippen molar-refractivity contribution < 1.29 is 14.7 Å². The SMILES string of the molecule is Cc1nc(C(=O)NC(CCC(=O)O)Cc2ccccc2)c(=O)[nH]c1C. The zero-order chi connectivity index (χ0) is 18.4. The third kappa shape index (κ3) is 5.27. The topological polar surface area (TPSA) is 112 Å². The van der Waals surface area contributed by atoms with Crippen LogP contribution in [0.15, 0.2) is 35.1 Å². The van der Waals surface area contributed by atoms with Gasteiger partial charge in [0.15, 0.2) is 5.69 Å². The van der Waals surface area contributed by atoms with Gasteiger partial charge in [0, 0.05) is 18.2 Å². The summed E-state index contributed by atoms with van der Waals surface area (Å²) in [5, 5.41) is 11.7. The number of nitrogens with one attached hydrogen (secondary N) is 2. The van der Waals surface area contributed by atoms with Gasteiger partial charge in [-0.15, -0.1) is 0 Å². The van der Waals surface area contributed by atoms with Crippen molar-refractivity contribution in [1.82, 2.24) is 15.3 Å². The highest BCUT2D eigenvalue weighted by Gasteiger charge is 2.19. The zero-order valence-corrected chi connectivity index (χ0v) is 14.2. The van der Waals surface area contributed by atoms with Gasteiger partial charge in [-0.05, 0) is 32.3 Å². The van der Waals surface area contributed by atoms with Crippen LogP contribution in [0, 0.1) is 13.8 Å². The summed E-state index contributed by atoms with van der Waals surface area (Å²) in [6, 6.07) is 9.03. The number of aromatic amines is 1. The van der Waals surface area contributed by atoms with Crippen LogP contribution in [-0.4, -0.2) is 33.0 Å². The average molecular weight is 343 g/mol. The highest BCUT2D eigenvalue weighted by Crippen LogP contribution is 2.09. The van der Waals surface area contributed by atoms with Crippen molar-refractivity contribution in [3.8, 4) is 0 Å². The fourth-order valence-corrected chi connectivity index (χ4v) is 2.45. The van der Waals surface area contributed by atoms with Gasteiger partial charge in [0.1, 0.15) is 0 Å². The fourth-order valence-electron chi connectivity index (χ4n) is 2.45. The predicted molar refractivity (Wildman–Crippen MR) is 92.6 cm³/mol. The number of carboxylic acid groups (broad SMARTS) is 1. The van der Waals surface area contributed by atoms with E-state index in [4.69, 9.17) is 5.11 Å². The van der Waals surface area contributed by atoms with Gasteiger partial charge in [0.2, 0.25) is 0 Å². The monoisotopic (exact) mass is 343 g/mol. The molecule has 1 atom stereocenters. The first-order chi connectivity index (χ1) is 11.9. The fraction of sp³-hybridized carbons (Fsp3) is 0.333. The highest BCUT2D eigenvalue weighted by molar-refractivity contribution is 5.92. The van der Waals surface area contributed by atoms with Gasteiger partial charge < -0.3 is 15.4 Å². The Hall–Kier alpha value is -2.96. The van der Waals surface area contributed by atoms with E-state index in [1.54, 1.807) is 13.8 Å². The van der Waals surface area contributed by atoms with Crippen molar-refractivity contribution in [2.45, 2.75) is 39.2 Å². The molecule has 0 aliphatic carbocycles. The van der Waals surface area contributed by atoms with Crippen LogP contribution in [0.2, 0.25) is 0 Å². The van der Waals surface area contributed by atoms with Crippen molar-refractivity contribution >= 4 is 11.9 Å². The normalized spacial score (nSPS) is 11.8. The first-order valence-corrected chi connectivity index (χ1v) is 8.01. The molecule has 1 heterocycles. The zero-order valence-electron chi connectivity index (χ0n) is 14.2. The molecule has 132 valence electrons. The summed E-state index contributed by atoms with van der Waals surface area (Å²) in [5.41, 5.74) is 1.37. The van der Waals surface area contributed by atoms with Crippen molar-refractivity contribution in [1.29, 1.82) is 0 Å². The van der Waals surface area contributed by atoms with Crippen LogP contribution >= 0.6 is 0 Å². The lowest BCUT2D eigenvalue weighted by Gasteiger charge is -2.18. The molecule has 0 aliphatic heterocycles. The van der Waals surface area contributed by atoms with E-state index in [1.165, 1.54) is 0 Å². The Bertz CT molecular complexity index is 815. The van der Waals surface area contributed by atoms with E-state index >= 15 is 0 Å². The molecule has 1 aromatic carbocycles. The van der Waals surface area contributed by atoms with Crippen molar-refractivity contribution in [2.75, 3.05) is 0 Å². The summed E-state index contributed by atoms with van der Waals surface area (Å²) in [6.07, 6.45) is 0.663. The lowest BCUT2D eigenvalue weighted by atomic mass is 10.0. The molecule has 3 N–H and O–H groups in total. The van der Waals surface area contributed by atoms with Gasteiger partial charge in [-0.25, -0.2) is 4.98 Å². The minimum absolute atomic E-state index is 0.0749. The number of H-pyrrole nitrogens is 1. The van der Waals surface area contributed by atoms with Crippen molar-refractivity contribution in [2.24, 2.45) is 0 Å². The van der Waals surface area contributed by atoms with Gasteiger partial charge in [-0.2, -0.15) is 0 Å². The molecule has 0 spiro atoms. The van der Waals surface area contributed by atoms with E-state index < -0.39 is 23.5 Å². The number of carbonyl (C=O) groups is 2. The average Bonchev–Trinajstić information content (AvgIpc) is 2.56. The maximum atomic E-state index is 12.4. The summed E-state index contributed by atoms with van der Waals surface area (Å²) in [7, 11) is 0. The molecule has 0 radical (unpaired) electrons. The van der Waals surface area contributed by atoms with Crippen LogP contribution in [0.25, 0.3) is 0 Å². The minimum atomic E-state index is -0.936. The Morgan fingerprint density at radius 2 is 1.92 bits per heavy atom. The van der Waals surface area contributed by atoms with Crippen LogP contribution in [0.3, 0.4) is 0 Å². The highest BCUT2D eigenvalue weighted by atomic mass is 16.4. The first kappa shape index (κ1) is 18.4. The molecular weight excluding hydrogens is 322 g/mol. The van der Waals surface area contributed by atoms with Gasteiger partial charge in [-0.1, -0.05) is 30.3 Å². The van der Waals surface area contributed by atoms with Crippen LogP contribution in [0.5, 0.6) is 0 Å². The molecular formula is C18H21N3O4. The third-order valence-electron chi connectivity index (χ3n) is 3.92. The molecule has 0 saturated carbocycles. The largest absolute Gasteiger partial charge is 0.481 e. The molecule has 2 rings (SSSR count). The molecule has 0 aliphatic rings. The maximum Gasteiger partial charge on any atom is 0.303 e. The van der Waals surface area contributed by atoms with E-state index in [0.29, 0.717) is 17.8 Å². The lowest BCUT2D eigenvalue weighted by Crippen LogP contribution is -2.40. The third-order valence-corrected chi connectivity index (χ3v) is 3.92. The summed E-state index contributed by atoms with van der Waals surface area (Å²) in [6.45, 7) is 3.41. The summed E-state index contributed by atoms with van der Waals surface area (Å²) in [5.74, 6) is -1.54. The predicted octanol–water partition coefficient (Wildman–Crippen LogP) is 1.59. The smallest absolute Gasteiger partial charge is 0.303 e. The van der Waals surface area contributed by atoms with Crippen LogP contribution in [-0.2, 0) is 11.2 Å². The number of aryl methyl sites for hydroxylation is 2. The molecule has 7 heteroatoms. The molecule has 0 saturated heterocycles. The Labute approximate surface area is 145 Å². The second-order valence-corrected chi connectivity index (χ2v) is 5.92. The summed E-state index contributed by atoms with van der Waals surface area (Å²) < 4.78 is 0. The number of carbonyl (C=O) groups excluding carboxylic acids is 1. The van der Waals surface area contributed by atoms with E-state index in [1.807, 2.05) is 30.3 Å².